The van der Waals surface area contributed by atoms with Gasteiger partial charge in [-0.25, -0.2) is 0 Å². The van der Waals surface area contributed by atoms with Crippen LogP contribution >= 0.6 is 0 Å². The molecule has 1 heterocycles. The van der Waals surface area contributed by atoms with E-state index in [1.54, 1.807) is 0 Å². The largest absolute Gasteiger partial charge is 0.512 e. The van der Waals surface area contributed by atoms with Crippen molar-refractivity contribution in [3.8, 4) is 11.3 Å². The number of carbonyl (C=O) groups is 1. The number of benzene rings is 2. The smallest absolute Gasteiger partial charge is 0.155 e. The molecule has 0 unspecified atom stereocenters. The molecule has 0 aliphatic heterocycles. The number of hydrogen-bond donors (Lipinski definition) is 1. The Balaban J connectivity index is 0.000000366. The molecule has 3 rings (SSSR count). The summed E-state index contributed by atoms with van der Waals surface area (Å²) in [6.07, 6.45) is 1.17. The van der Waals surface area contributed by atoms with Crippen molar-refractivity contribution in [1.82, 2.24) is 4.98 Å². The van der Waals surface area contributed by atoms with Crippen LogP contribution in [0.15, 0.2) is 60.4 Å². The summed E-state index contributed by atoms with van der Waals surface area (Å²) in [6, 6.07) is 19.9. The molecule has 3 aromatic rings. The number of aryl methyl sites for hydroxylation is 2. The first kappa shape index (κ1) is 21.8. The molecule has 1 N–H and O–H groups in total. The molecule has 0 amide bonds. The van der Waals surface area contributed by atoms with E-state index in [0.29, 0.717) is 0 Å². The predicted octanol–water partition coefficient (Wildman–Crippen LogP) is 5.35. The second-order valence-corrected chi connectivity index (χ2v) is 6.02. The van der Waals surface area contributed by atoms with E-state index in [0.717, 1.165) is 16.8 Å². The molecule has 1 aromatic heterocycles. The minimum absolute atomic E-state index is 0. The summed E-state index contributed by atoms with van der Waals surface area (Å²) in [6.45, 7) is 7.02. The molecule has 1 radical (unpaired) electrons. The number of pyridine rings is 1. The van der Waals surface area contributed by atoms with Crippen LogP contribution in [0.1, 0.15) is 25.0 Å². The molecule has 0 fully saturated rings. The Hall–Kier alpha value is -2.29. The molecule has 4 heteroatoms. The molecule has 0 saturated carbocycles. The third-order valence-corrected chi connectivity index (χ3v) is 3.55. The Bertz CT molecular complexity index is 911. The quantitative estimate of drug-likeness (QED) is 0.279. The number of rotatable bonds is 2. The molecule has 0 aliphatic rings. The fourth-order valence-corrected chi connectivity index (χ4v) is 2.44. The van der Waals surface area contributed by atoms with Gasteiger partial charge >= 0.3 is 0 Å². The fraction of sp³-hybridized carbons (Fsp3) is 0.182. The normalized spacial score (nSPS) is 10.5. The Morgan fingerprint density at radius 3 is 2.35 bits per heavy atom. The van der Waals surface area contributed by atoms with Crippen molar-refractivity contribution >= 4 is 16.7 Å². The number of aliphatic hydroxyl groups excluding tert-OH is 1. The number of nitrogens with zero attached hydrogens (tertiary/aromatic N) is 1. The van der Waals surface area contributed by atoms with E-state index < -0.39 is 0 Å². The van der Waals surface area contributed by atoms with E-state index >= 15 is 0 Å². The van der Waals surface area contributed by atoms with E-state index in [-0.39, 0.29) is 31.6 Å². The maximum absolute atomic E-state index is 10.0. The van der Waals surface area contributed by atoms with Crippen LogP contribution in [-0.4, -0.2) is 15.9 Å². The topological polar surface area (TPSA) is 50.2 Å². The standard InChI is InChI=1S/C17H14N.C5H8O2.Ir/c1-12-7-9-14(10-8-12)17-13(2)11-15-5-3-4-6-16(15)18-17;1-4(6)3-5(2)7;/h3-9,11H,1-2H3;3,6H,1-2H3;/q-1;;. The van der Waals surface area contributed by atoms with Gasteiger partial charge in [-0.2, -0.15) is 0 Å². The number of aliphatic hydroxyl groups is 1. The van der Waals surface area contributed by atoms with Gasteiger partial charge in [0.1, 0.15) is 0 Å². The average Bonchev–Trinajstić information content (AvgIpc) is 2.54. The van der Waals surface area contributed by atoms with E-state index in [1.165, 1.54) is 36.4 Å². The van der Waals surface area contributed by atoms with Crippen molar-refractivity contribution in [3.63, 3.8) is 0 Å². The molecular weight excluding hydrogens is 502 g/mol. The maximum atomic E-state index is 10.0. The summed E-state index contributed by atoms with van der Waals surface area (Å²) in [5, 5.41) is 9.55. The van der Waals surface area contributed by atoms with Gasteiger partial charge in [0, 0.05) is 26.2 Å². The third-order valence-electron chi connectivity index (χ3n) is 3.55. The van der Waals surface area contributed by atoms with Gasteiger partial charge in [-0.05, 0) is 37.9 Å². The monoisotopic (exact) mass is 525 g/mol. The second kappa shape index (κ2) is 10.0. The van der Waals surface area contributed by atoms with Gasteiger partial charge in [0.25, 0.3) is 0 Å². The number of ketones is 1. The van der Waals surface area contributed by atoms with Crippen LogP contribution in [-0.2, 0) is 24.9 Å². The van der Waals surface area contributed by atoms with Crippen LogP contribution in [0.5, 0.6) is 0 Å². The van der Waals surface area contributed by atoms with Crippen LogP contribution < -0.4 is 0 Å². The van der Waals surface area contributed by atoms with Gasteiger partial charge in [0.2, 0.25) is 0 Å². The van der Waals surface area contributed by atoms with E-state index in [2.05, 4.69) is 44.2 Å². The summed E-state index contributed by atoms with van der Waals surface area (Å²) in [5.41, 5.74) is 5.52. The zero-order valence-electron chi connectivity index (χ0n) is 15.3. The van der Waals surface area contributed by atoms with Crippen LogP contribution in [0.4, 0.5) is 0 Å². The first-order valence-electron chi connectivity index (χ1n) is 8.10. The number of carbonyl (C=O) groups excluding carboxylic acids is 1. The van der Waals surface area contributed by atoms with Gasteiger partial charge in [-0.15, -0.1) is 35.4 Å². The summed E-state index contributed by atoms with van der Waals surface area (Å²) in [7, 11) is 0. The van der Waals surface area contributed by atoms with Crippen LogP contribution in [0.3, 0.4) is 0 Å². The molecule has 137 valence electrons. The average molecular weight is 525 g/mol. The SMILES string of the molecule is CC(=O)C=C(C)O.Cc1c[c-]c(-c2nc3ccccc3cc2C)cc1.[Ir]. The Labute approximate surface area is 168 Å². The van der Waals surface area contributed by atoms with E-state index in [9.17, 15) is 4.79 Å². The molecule has 3 nitrogen and oxygen atoms in total. The first-order valence-corrected chi connectivity index (χ1v) is 8.10. The maximum Gasteiger partial charge on any atom is 0.155 e. The Morgan fingerprint density at radius 2 is 1.81 bits per heavy atom. The molecule has 0 spiro atoms. The summed E-state index contributed by atoms with van der Waals surface area (Å²) >= 11 is 0. The van der Waals surface area contributed by atoms with Crippen molar-refractivity contribution < 1.29 is 30.0 Å². The molecule has 0 aliphatic carbocycles. The van der Waals surface area contributed by atoms with Gasteiger partial charge in [0.15, 0.2) is 5.78 Å². The molecule has 0 bridgehead atoms. The molecule has 2 aromatic carbocycles. The predicted molar refractivity (Wildman–Crippen MR) is 103 cm³/mol. The summed E-state index contributed by atoms with van der Waals surface area (Å²) in [5.74, 6) is -0.0625. The number of hydrogen-bond acceptors (Lipinski definition) is 3. The van der Waals surface area contributed by atoms with E-state index in [4.69, 9.17) is 10.1 Å². The second-order valence-electron chi connectivity index (χ2n) is 6.02. The van der Waals surface area contributed by atoms with Gasteiger partial charge < -0.3 is 5.11 Å². The van der Waals surface area contributed by atoms with Gasteiger partial charge in [-0.3, -0.25) is 9.78 Å². The van der Waals surface area contributed by atoms with Gasteiger partial charge in [0.05, 0.1) is 11.3 Å². The number of aromatic nitrogens is 1. The van der Waals surface area contributed by atoms with Crippen molar-refractivity contribution in [2.24, 2.45) is 0 Å². The number of para-hydroxylation sites is 1. The molecule has 0 atom stereocenters. The van der Waals surface area contributed by atoms with E-state index in [1.807, 2.05) is 24.3 Å². The number of fused-ring (bicyclic) bond motifs is 1. The summed E-state index contributed by atoms with van der Waals surface area (Å²) in [4.78, 5) is 14.8. The first-order chi connectivity index (χ1) is 11.9. The minimum Gasteiger partial charge on any atom is -0.512 e. The molecule has 26 heavy (non-hydrogen) atoms. The van der Waals surface area contributed by atoms with Crippen molar-refractivity contribution in [2.75, 3.05) is 0 Å². The van der Waals surface area contributed by atoms with Crippen LogP contribution in [0.25, 0.3) is 22.2 Å². The Kier molecular flexibility index (Phi) is 8.37. The molecule has 0 saturated heterocycles. The van der Waals surface area contributed by atoms with Crippen molar-refractivity contribution in [2.45, 2.75) is 27.7 Å². The zero-order chi connectivity index (χ0) is 18.4. The van der Waals surface area contributed by atoms with Crippen LogP contribution in [0.2, 0.25) is 0 Å². The third kappa shape index (κ3) is 6.21. The fourth-order valence-electron chi connectivity index (χ4n) is 2.44. The Morgan fingerprint density at radius 1 is 1.12 bits per heavy atom. The van der Waals surface area contributed by atoms with Crippen LogP contribution in [0, 0.1) is 19.9 Å². The van der Waals surface area contributed by atoms with Crippen molar-refractivity contribution in [1.29, 1.82) is 0 Å². The zero-order valence-corrected chi connectivity index (χ0v) is 17.7. The van der Waals surface area contributed by atoms with Gasteiger partial charge in [-0.1, -0.05) is 36.8 Å². The van der Waals surface area contributed by atoms with Crippen molar-refractivity contribution in [3.05, 3.63) is 77.6 Å². The minimum atomic E-state index is -0.125. The number of allylic oxidation sites excluding steroid dienone is 2. The summed E-state index contributed by atoms with van der Waals surface area (Å²) < 4.78 is 0. The molecular formula is C22H22IrNO2-.